The molecule has 1 heterocycles. The number of anilines is 1. The number of benzene rings is 2. The summed E-state index contributed by atoms with van der Waals surface area (Å²) in [6.07, 6.45) is 0. The highest BCUT2D eigenvalue weighted by atomic mass is 16.1. The molecule has 0 bridgehead atoms. The fraction of sp³-hybridized carbons (Fsp3) is 0.462. The van der Waals surface area contributed by atoms with E-state index in [1.807, 2.05) is 24.3 Å². The van der Waals surface area contributed by atoms with Crippen molar-refractivity contribution in [2.45, 2.75) is 34.2 Å². The van der Waals surface area contributed by atoms with E-state index in [4.69, 9.17) is 5.10 Å². The van der Waals surface area contributed by atoms with Gasteiger partial charge in [-0.2, -0.15) is 5.10 Å². The minimum absolute atomic E-state index is 0.0901. The van der Waals surface area contributed by atoms with Gasteiger partial charge in [0.15, 0.2) is 5.78 Å². The zero-order valence-electron chi connectivity index (χ0n) is 19.8. The number of ketones is 1. The van der Waals surface area contributed by atoms with Crippen LogP contribution in [0.5, 0.6) is 0 Å². The molecule has 0 saturated heterocycles. The van der Waals surface area contributed by atoms with E-state index >= 15 is 0 Å². The molecule has 0 radical (unpaired) electrons. The van der Waals surface area contributed by atoms with Gasteiger partial charge in [-0.25, -0.2) is 0 Å². The summed E-state index contributed by atoms with van der Waals surface area (Å²) in [5.74, 6) is 0.0901. The molecule has 6 nitrogen and oxygen atoms in total. The smallest absolute Gasteiger partial charge is 0.196 e. The monoisotopic (exact) mass is 433 g/mol. The zero-order valence-corrected chi connectivity index (χ0v) is 19.8. The Hall–Kier alpha value is -2.70. The van der Waals surface area contributed by atoms with Crippen LogP contribution in [-0.4, -0.2) is 71.2 Å². The largest absolute Gasteiger partial charge is 0.383 e. The van der Waals surface area contributed by atoms with Crippen LogP contribution in [0, 0.1) is 0 Å². The van der Waals surface area contributed by atoms with Gasteiger partial charge in [0.25, 0.3) is 0 Å². The molecule has 170 valence electrons. The molecule has 0 fully saturated rings. The van der Waals surface area contributed by atoms with E-state index in [1.165, 1.54) is 0 Å². The van der Waals surface area contributed by atoms with Crippen molar-refractivity contribution in [2.75, 3.05) is 51.1 Å². The molecule has 0 aliphatic heterocycles. The van der Waals surface area contributed by atoms with Gasteiger partial charge in [-0.15, -0.1) is 0 Å². The third kappa shape index (κ3) is 4.05. The van der Waals surface area contributed by atoms with Gasteiger partial charge in [-0.3, -0.25) is 9.48 Å². The van der Waals surface area contributed by atoms with E-state index in [-0.39, 0.29) is 5.78 Å². The predicted molar refractivity (Wildman–Crippen MR) is 133 cm³/mol. The number of carbonyl (C=O) groups is 1. The summed E-state index contributed by atoms with van der Waals surface area (Å²) in [7, 11) is 0. The van der Waals surface area contributed by atoms with Gasteiger partial charge in [-0.1, -0.05) is 52.0 Å². The quantitative estimate of drug-likeness (QED) is 0.381. The number of nitrogens with one attached hydrogen (secondary N) is 1. The predicted octanol–water partition coefficient (Wildman–Crippen LogP) is 4.34. The number of carbonyl (C=O) groups excluding carboxylic acids is 1. The fourth-order valence-corrected chi connectivity index (χ4v) is 4.70. The number of nitrogens with zero attached hydrogens (tertiary/aromatic N) is 4. The first-order valence-electron chi connectivity index (χ1n) is 12.0. The number of hydrogen-bond acceptors (Lipinski definition) is 5. The van der Waals surface area contributed by atoms with Gasteiger partial charge in [0.2, 0.25) is 0 Å². The fourth-order valence-electron chi connectivity index (χ4n) is 4.70. The van der Waals surface area contributed by atoms with Crippen molar-refractivity contribution >= 4 is 22.4 Å². The Morgan fingerprint density at radius 3 is 2.22 bits per heavy atom. The molecule has 2 aromatic carbocycles. The second-order valence-corrected chi connectivity index (χ2v) is 8.31. The maximum Gasteiger partial charge on any atom is 0.196 e. The third-order valence-electron chi connectivity index (χ3n) is 6.73. The summed E-state index contributed by atoms with van der Waals surface area (Å²) in [6.45, 7) is 16.3. The van der Waals surface area contributed by atoms with Crippen LogP contribution in [-0.2, 0) is 6.54 Å². The van der Waals surface area contributed by atoms with Crippen LogP contribution >= 0.6 is 0 Å². The van der Waals surface area contributed by atoms with Crippen molar-refractivity contribution in [2.24, 2.45) is 0 Å². The number of aromatic nitrogens is 2. The number of fused-ring (bicyclic) bond motifs is 2. The first-order valence-corrected chi connectivity index (χ1v) is 12.0. The van der Waals surface area contributed by atoms with Crippen LogP contribution in [0.15, 0.2) is 36.4 Å². The molecule has 1 N–H and O–H groups in total. The lowest BCUT2D eigenvalue weighted by atomic mass is 9.86. The molecular formula is C26H35N5O. The molecule has 6 heteroatoms. The van der Waals surface area contributed by atoms with Crippen molar-refractivity contribution in [3.05, 3.63) is 47.5 Å². The van der Waals surface area contributed by atoms with Crippen LogP contribution in [0.25, 0.3) is 22.2 Å². The summed E-state index contributed by atoms with van der Waals surface area (Å²) in [6, 6.07) is 12.1. The van der Waals surface area contributed by atoms with E-state index < -0.39 is 0 Å². The Kier molecular flexibility index (Phi) is 6.92. The van der Waals surface area contributed by atoms with Crippen LogP contribution < -0.4 is 5.32 Å². The maximum absolute atomic E-state index is 13.6. The standard InChI is InChI=1S/C26H35N5O/c1-5-29(6-2)16-15-27-21-13-14-22-24-23(21)26(32)20-12-10-9-11-19(20)25(24)28-31(22)18-17-30(7-3)8-4/h9-14,27H,5-8,15-18H2,1-4H3. The van der Waals surface area contributed by atoms with E-state index in [0.717, 1.165) is 91.3 Å². The highest BCUT2D eigenvalue weighted by molar-refractivity contribution is 6.27. The highest BCUT2D eigenvalue weighted by Gasteiger charge is 2.30. The lowest BCUT2D eigenvalue weighted by molar-refractivity contribution is 0.104. The average molecular weight is 434 g/mol. The molecule has 4 rings (SSSR count). The lowest BCUT2D eigenvalue weighted by Gasteiger charge is -2.21. The number of likely N-dealkylation sites (N-methyl/N-ethyl adjacent to an activating group) is 2. The first-order chi connectivity index (χ1) is 15.6. The molecule has 0 spiro atoms. The zero-order chi connectivity index (χ0) is 22.7. The van der Waals surface area contributed by atoms with E-state index in [2.05, 4.69) is 59.6 Å². The summed E-state index contributed by atoms with van der Waals surface area (Å²) >= 11 is 0. The molecule has 1 aromatic heterocycles. The van der Waals surface area contributed by atoms with Crippen molar-refractivity contribution in [1.29, 1.82) is 0 Å². The Balaban J connectivity index is 1.75. The Labute approximate surface area is 191 Å². The van der Waals surface area contributed by atoms with Gasteiger partial charge < -0.3 is 15.1 Å². The van der Waals surface area contributed by atoms with Crippen LogP contribution in [0.1, 0.15) is 43.6 Å². The maximum atomic E-state index is 13.6. The number of hydrogen-bond donors (Lipinski definition) is 1. The SMILES string of the molecule is CCN(CC)CCNc1ccc2c3c(nn2CCN(CC)CC)-c2ccccc2C(=O)c13. The van der Waals surface area contributed by atoms with Gasteiger partial charge in [-0.05, 0) is 38.3 Å². The molecule has 1 aliphatic rings. The molecule has 32 heavy (non-hydrogen) atoms. The Morgan fingerprint density at radius 1 is 0.875 bits per heavy atom. The molecular weight excluding hydrogens is 398 g/mol. The molecule has 0 unspecified atom stereocenters. The van der Waals surface area contributed by atoms with E-state index in [9.17, 15) is 4.79 Å². The second kappa shape index (κ2) is 9.84. The third-order valence-corrected chi connectivity index (χ3v) is 6.73. The topological polar surface area (TPSA) is 53.4 Å². The first kappa shape index (κ1) is 22.5. The van der Waals surface area contributed by atoms with Gasteiger partial charge in [0.05, 0.1) is 17.6 Å². The van der Waals surface area contributed by atoms with E-state index in [0.29, 0.717) is 0 Å². The summed E-state index contributed by atoms with van der Waals surface area (Å²) < 4.78 is 2.08. The summed E-state index contributed by atoms with van der Waals surface area (Å²) in [5, 5.41) is 9.55. The van der Waals surface area contributed by atoms with Crippen LogP contribution in [0.2, 0.25) is 0 Å². The second-order valence-electron chi connectivity index (χ2n) is 8.31. The molecule has 0 saturated carbocycles. The van der Waals surface area contributed by atoms with Crippen LogP contribution in [0.4, 0.5) is 5.69 Å². The molecule has 0 amide bonds. The minimum Gasteiger partial charge on any atom is -0.383 e. The minimum atomic E-state index is 0.0901. The van der Waals surface area contributed by atoms with Crippen molar-refractivity contribution in [1.82, 2.24) is 19.6 Å². The van der Waals surface area contributed by atoms with Crippen molar-refractivity contribution in [3.8, 4) is 11.3 Å². The number of rotatable bonds is 11. The molecule has 1 aliphatic carbocycles. The normalized spacial score (nSPS) is 12.8. The summed E-state index contributed by atoms with van der Waals surface area (Å²) in [5.41, 5.74) is 5.33. The Bertz CT molecular complexity index is 1100. The van der Waals surface area contributed by atoms with Crippen molar-refractivity contribution in [3.63, 3.8) is 0 Å². The Morgan fingerprint density at radius 2 is 1.53 bits per heavy atom. The molecule has 3 aromatic rings. The van der Waals surface area contributed by atoms with Gasteiger partial charge in [0.1, 0.15) is 5.69 Å². The van der Waals surface area contributed by atoms with Gasteiger partial charge in [0, 0.05) is 41.8 Å². The van der Waals surface area contributed by atoms with Gasteiger partial charge >= 0.3 is 0 Å². The average Bonchev–Trinajstić information content (AvgIpc) is 3.20. The van der Waals surface area contributed by atoms with Crippen molar-refractivity contribution < 1.29 is 4.79 Å². The highest BCUT2D eigenvalue weighted by Crippen LogP contribution is 2.41. The molecule has 0 atom stereocenters. The van der Waals surface area contributed by atoms with Crippen LogP contribution in [0.3, 0.4) is 0 Å². The lowest BCUT2D eigenvalue weighted by Crippen LogP contribution is -2.29. The van der Waals surface area contributed by atoms with E-state index in [1.54, 1.807) is 0 Å². The summed E-state index contributed by atoms with van der Waals surface area (Å²) in [4.78, 5) is 18.4.